The number of hydrogen-bond acceptors (Lipinski definition) is 4. The van der Waals surface area contributed by atoms with Crippen LogP contribution in [0.2, 0.25) is 0 Å². The van der Waals surface area contributed by atoms with Crippen LogP contribution < -0.4 is 10.2 Å². The van der Waals surface area contributed by atoms with Crippen molar-refractivity contribution in [2.75, 3.05) is 30.9 Å². The first-order valence-electron chi connectivity index (χ1n) is 8.63. The SMILES string of the molecule is CCN1c2ccccc2N[C@@H]2N=C(N(C)C)[C@H](c3ccccc3)[C@@H]21. The Morgan fingerprint density at radius 1 is 1.04 bits per heavy atom. The van der Waals surface area contributed by atoms with Gasteiger partial charge in [0, 0.05) is 20.6 Å². The maximum absolute atomic E-state index is 5.05. The monoisotopic (exact) mass is 320 g/mol. The fourth-order valence-corrected chi connectivity index (χ4v) is 4.05. The Morgan fingerprint density at radius 3 is 2.46 bits per heavy atom. The summed E-state index contributed by atoms with van der Waals surface area (Å²) in [5, 5.41) is 3.65. The predicted molar refractivity (Wildman–Crippen MR) is 101 cm³/mol. The molecule has 4 nitrogen and oxygen atoms in total. The van der Waals surface area contributed by atoms with Gasteiger partial charge in [-0.2, -0.15) is 0 Å². The minimum absolute atomic E-state index is 0.0856. The average Bonchev–Trinajstić information content (AvgIpc) is 2.99. The molecular weight excluding hydrogens is 296 g/mol. The van der Waals surface area contributed by atoms with Gasteiger partial charge in [-0.05, 0) is 24.6 Å². The lowest BCUT2D eigenvalue weighted by atomic mass is 9.88. The molecule has 0 unspecified atom stereocenters. The van der Waals surface area contributed by atoms with E-state index in [9.17, 15) is 0 Å². The molecule has 0 saturated carbocycles. The fraction of sp³-hybridized carbons (Fsp3) is 0.350. The number of likely N-dealkylation sites (N-methyl/N-ethyl adjacent to an activating group) is 2. The first-order valence-corrected chi connectivity index (χ1v) is 8.63. The van der Waals surface area contributed by atoms with Crippen molar-refractivity contribution in [3.63, 3.8) is 0 Å². The molecule has 0 aliphatic carbocycles. The van der Waals surface area contributed by atoms with Gasteiger partial charge in [0.2, 0.25) is 0 Å². The second kappa shape index (κ2) is 5.86. The van der Waals surface area contributed by atoms with Crippen LogP contribution in [-0.2, 0) is 0 Å². The molecule has 124 valence electrons. The third-order valence-electron chi connectivity index (χ3n) is 5.05. The predicted octanol–water partition coefficient (Wildman–Crippen LogP) is 3.39. The second-order valence-electron chi connectivity index (χ2n) is 6.65. The summed E-state index contributed by atoms with van der Waals surface area (Å²) in [6.45, 7) is 3.20. The maximum Gasteiger partial charge on any atom is 0.142 e. The highest BCUT2D eigenvalue weighted by Crippen LogP contribution is 2.43. The molecule has 2 aliphatic rings. The van der Waals surface area contributed by atoms with Crippen LogP contribution in [0.15, 0.2) is 59.6 Å². The van der Waals surface area contributed by atoms with Crippen molar-refractivity contribution in [3.05, 3.63) is 60.2 Å². The first-order chi connectivity index (χ1) is 11.7. The molecule has 2 aliphatic heterocycles. The third kappa shape index (κ3) is 2.25. The van der Waals surface area contributed by atoms with E-state index in [1.165, 1.54) is 16.9 Å². The van der Waals surface area contributed by atoms with Crippen LogP contribution in [0.1, 0.15) is 18.4 Å². The molecule has 2 heterocycles. The molecule has 0 aromatic heterocycles. The van der Waals surface area contributed by atoms with Crippen molar-refractivity contribution in [2.24, 2.45) is 4.99 Å². The van der Waals surface area contributed by atoms with Gasteiger partial charge in [-0.15, -0.1) is 0 Å². The smallest absolute Gasteiger partial charge is 0.142 e. The van der Waals surface area contributed by atoms with Crippen LogP contribution in [-0.4, -0.2) is 43.6 Å². The Labute approximate surface area is 143 Å². The van der Waals surface area contributed by atoms with Crippen molar-refractivity contribution in [1.82, 2.24) is 4.90 Å². The summed E-state index contributed by atoms with van der Waals surface area (Å²) in [5.74, 6) is 1.42. The number of hydrogen-bond donors (Lipinski definition) is 1. The van der Waals surface area contributed by atoms with Crippen LogP contribution in [0, 0.1) is 0 Å². The first kappa shape index (κ1) is 15.1. The van der Waals surface area contributed by atoms with Gasteiger partial charge in [0.25, 0.3) is 0 Å². The Bertz CT molecular complexity index is 753. The lowest BCUT2D eigenvalue weighted by molar-refractivity contribution is 0.509. The lowest BCUT2D eigenvalue weighted by Gasteiger charge is -2.42. The number of aliphatic imine (C=N–C) groups is 1. The highest BCUT2D eigenvalue weighted by molar-refractivity contribution is 5.94. The van der Waals surface area contributed by atoms with E-state index in [1.807, 2.05) is 0 Å². The van der Waals surface area contributed by atoms with Gasteiger partial charge in [0.15, 0.2) is 0 Å². The molecule has 0 bridgehead atoms. The van der Waals surface area contributed by atoms with Gasteiger partial charge in [-0.1, -0.05) is 42.5 Å². The minimum atomic E-state index is 0.0856. The molecule has 0 fully saturated rings. The lowest BCUT2D eigenvalue weighted by Crippen LogP contribution is -2.51. The largest absolute Gasteiger partial charge is 0.366 e. The number of anilines is 2. The van der Waals surface area contributed by atoms with Gasteiger partial charge >= 0.3 is 0 Å². The van der Waals surface area contributed by atoms with E-state index in [0.29, 0.717) is 6.04 Å². The number of fused-ring (bicyclic) bond motifs is 2. The van der Waals surface area contributed by atoms with E-state index in [0.717, 1.165) is 12.4 Å². The number of nitrogens with one attached hydrogen (secondary N) is 1. The third-order valence-corrected chi connectivity index (χ3v) is 5.05. The zero-order chi connectivity index (χ0) is 16.7. The quantitative estimate of drug-likeness (QED) is 0.920. The van der Waals surface area contributed by atoms with Gasteiger partial charge in [-0.3, -0.25) is 0 Å². The Kier molecular flexibility index (Phi) is 3.68. The normalized spacial score (nSPS) is 24.7. The van der Waals surface area contributed by atoms with E-state index >= 15 is 0 Å². The molecule has 3 atom stereocenters. The Balaban J connectivity index is 1.83. The summed E-state index contributed by atoms with van der Waals surface area (Å²) < 4.78 is 0. The number of para-hydroxylation sites is 2. The highest BCUT2D eigenvalue weighted by Gasteiger charge is 2.46. The molecule has 0 saturated heterocycles. The van der Waals surface area contributed by atoms with Crippen molar-refractivity contribution < 1.29 is 0 Å². The number of nitrogens with zero attached hydrogens (tertiary/aromatic N) is 3. The average molecular weight is 320 g/mol. The fourth-order valence-electron chi connectivity index (χ4n) is 4.05. The molecule has 2 aromatic carbocycles. The van der Waals surface area contributed by atoms with Gasteiger partial charge in [0.05, 0.1) is 23.3 Å². The van der Waals surface area contributed by atoms with Crippen LogP contribution in [0.3, 0.4) is 0 Å². The van der Waals surface area contributed by atoms with E-state index in [2.05, 4.69) is 90.7 Å². The van der Waals surface area contributed by atoms with E-state index < -0.39 is 0 Å². The van der Waals surface area contributed by atoms with Crippen molar-refractivity contribution in [1.29, 1.82) is 0 Å². The summed E-state index contributed by atoms with van der Waals surface area (Å²) in [7, 11) is 4.19. The molecule has 4 rings (SSSR count). The van der Waals surface area contributed by atoms with E-state index in [1.54, 1.807) is 0 Å². The Morgan fingerprint density at radius 2 is 1.75 bits per heavy atom. The molecule has 0 amide bonds. The molecular formula is C20H24N4. The van der Waals surface area contributed by atoms with Crippen molar-refractivity contribution in [2.45, 2.75) is 25.0 Å². The molecule has 1 N–H and O–H groups in total. The maximum atomic E-state index is 5.05. The molecule has 0 radical (unpaired) electrons. The van der Waals surface area contributed by atoms with E-state index in [4.69, 9.17) is 4.99 Å². The van der Waals surface area contributed by atoms with Crippen LogP contribution in [0.5, 0.6) is 0 Å². The van der Waals surface area contributed by atoms with Gasteiger partial charge in [-0.25, -0.2) is 4.99 Å². The van der Waals surface area contributed by atoms with Crippen LogP contribution in [0.4, 0.5) is 11.4 Å². The summed E-state index contributed by atoms with van der Waals surface area (Å²) in [5.41, 5.74) is 3.78. The number of benzene rings is 2. The summed E-state index contributed by atoms with van der Waals surface area (Å²) >= 11 is 0. The number of amidine groups is 1. The zero-order valence-electron chi connectivity index (χ0n) is 14.5. The van der Waals surface area contributed by atoms with Crippen molar-refractivity contribution in [3.8, 4) is 0 Å². The van der Waals surface area contributed by atoms with Crippen LogP contribution in [0.25, 0.3) is 0 Å². The number of rotatable bonds is 2. The second-order valence-corrected chi connectivity index (χ2v) is 6.65. The topological polar surface area (TPSA) is 30.9 Å². The molecule has 2 aromatic rings. The zero-order valence-corrected chi connectivity index (χ0v) is 14.5. The molecule has 4 heteroatoms. The van der Waals surface area contributed by atoms with E-state index in [-0.39, 0.29) is 12.1 Å². The van der Waals surface area contributed by atoms with Gasteiger partial charge < -0.3 is 15.1 Å². The van der Waals surface area contributed by atoms with Gasteiger partial charge in [0.1, 0.15) is 12.0 Å². The van der Waals surface area contributed by atoms with Crippen molar-refractivity contribution >= 4 is 17.2 Å². The summed E-state index contributed by atoms with van der Waals surface area (Å²) in [4.78, 5) is 9.73. The summed E-state index contributed by atoms with van der Waals surface area (Å²) in [6, 6.07) is 19.6. The Hall–Kier alpha value is -2.49. The standard InChI is InChI=1S/C20H24N4/c1-4-24-16-13-9-8-12-15(16)21-19-18(24)17(20(22-19)23(2)3)14-10-6-5-7-11-14/h5-13,17-19,21H,4H2,1-3H3/t17-,18+,19-/m1/s1. The highest BCUT2D eigenvalue weighted by atomic mass is 15.3. The molecule has 24 heavy (non-hydrogen) atoms. The summed E-state index contributed by atoms with van der Waals surface area (Å²) in [6.07, 6.45) is 0.0856. The minimum Gasteiger partial charge on any atom is -0.366 e. The van der Waals surface area contributed by atoms with Crippen LogP contribution >= 0.6 is 0 Å². The molecule has 0 spiro atoms.